The van der Waals surface area contributed by atoms with Gasteiger partial charge in [-0.3, -0.25) is 14.5 Å². The Kier molecular flexibility index (Phi) is 5.08. The second-order valence-corrected chi connectivity index (χ2v) is 9.30. The number of piperazine rings is 1. The number of aryl methyl sites for hydroxylation is 1. The second kappa shape index (κ2) is 7.79. The first-order chi connectivity index (χ1) is 15.0. The zero-order chi connectivity index (χ0) is 21.6. The molecule has 0 spiro atoms. The zero-order valence-corrected chi connectivity index (χ0v) is 18.4. The van der Waals surface area contributed by atoms with Crippen molar-refractivity contribution < 1.29 is 4.79 Å². The maximum atomic E-state index is 12.3. The fourth-order valence-corrected chi connectivity index (χ4v) is 5.95. The number of rotatable bonds is 5. The van der Waals surface area contributed by atoms with Gasteiger partial charge in [0.25, 0.3) is 11.5 Å². The van der Waals surface area contributed by atoms with E-state index < -0.39 is 0 Å². The van der Waals surface area contributed by atoms with Crippen molar-refractivity contribution in [1.82, 2.24) is 20.2 Å². The van der Waals surface area contributed by atoms with Crippen LogP contribution in [-0.4, -0.2) is 60.0 Å². The summed E-state index contributed by atoms with van der Waals surface area (Å²) in [7, 11) is 1.62. The molecule has 2 bridgehead atoms. The van der Waals surface area contributed by atoms with Crippen LogP contribution in [0.2, 0.25) is 0 Å². The van der Waals surface area contributed by atoms with Crippen LogP contribution in [-0.2, 0) is 11.8 Å². The number of fused-ring (bicyclic) bond motifs is 1. The van der Waals surface area contributed by atoms with Gasteiger partial charge in [-0.2, -0.15) is 0 Å². The highest BCUT2D eigenvalue weighted by Gasteiger charge is 2.58. The van der Waals surface area contributed by atoms with Crippen LogP contribution in [0.25, 0.3) is 0 Å². The molecule has 6 rings (SSSR count). The van der Waals surface area contributed by atoms with Gasteiger partial charge in [0.15, 0.2) is 0 Å². The zero-order valence-electron chi connectivity index (χ0n) is 18.4. The van der Waals surface area contributed by atoms with Crippen molar-refractivity contribution in [3.63, 3.8) is 0 Å². The van der Waals surface area contributed by atoms with Gasteiger partial charge in [0.2, 0.25) is 0 Å². The standard InChI is InChI=1S/C24H31N5O2/c1-3-16-4-7-21(27-22(16)30)24-12-17(13-24)20(14-24)29-10-8-28(9-11-29)18-5-6-19(26-15-18)23(31)25-2/h4-7,15,17,20H,3,8-14H2,1-2H3,(H,25,31)(H,27,30). The number of carbonyl (C=O) groups is 1. The van der Waals surface area contributed by atoms with E-state index in [1.807, 2.05) is 19.1 Å². The molecule has 2 N–H and O–H groups in total. The Morgan fingerprint density at radius 1 is 1.16 bits per heavy atom. The van der Waals surface area contributed by atoms with Crippen LogP contribution in [0.3, 0.4) is 0 Å². The minimum atomic E-state index is -0.156. The predicted molar refractivity (Wildman–Crippen MR) is 121 cm³/mol. The molecule has 4 fully saturated rings. The van der Waals surface area contributed by atoms with Crippen LogP contribution < -0.4 is 15.8 Å². The van der Waals surface area contributed by atoms with Crippen molar-refractivity contribution in [1.29, 1.82) is 0 Å². The summed E-state index contributed by atoms with van der Waals surface area (Å²) in [6, 6.07) is 8.58. The first-order valence-electron chi connectivity index (χ1n) is 11.4. The number of aromatic nitrogens is 2. The molecule has 3 saturated carbocycles. The van der Waals surface area contributed by atoms with E-state index in [4.69, 9.17) is 0 Å². The quantitative estimate of drug-likeness (QED) is 0.771. The van der Waals surface area contributed by atoms with Gasteiger partial charge in [0.05, 0.1) is 11.9 Å². The van der Waals surface area contributed by atoms with Gasteiger partial charge in [-0.05, 0) is 49.8 Å². The SMILES string of the molecule is CCc1ccc(C23CC(C2)C(N2CCN(c4ccc(C(=O)NC)nc4)CC2)C3)[nH]c1=O. The Morgan fingerprint density at radius 2 is 1.94 bits per heavy atom. The summed E-state index contributed by atoms with van der Waals surface area (Å²) in [6.07, 6.45) is 6.13. The smallest absolute Gasteiger partial charge is 0.269 e. The highest BCUT2D eigenvalue weighted by Crippen LogP contribution is 2.60. The first-order valence-corrected chi connectivity index (χ1v) is 11.4. The van der Waals surface area contributed by atoms with Crippen LogP contribution in [0.1, 0.15) is 47.9 Å². The van der Waals surface area contributed by atoms with Crippen molar-refractivity contribution in [2.45, 2.75) is 44.1 Å². The van der Waals surface area contributed by atoms with Crippen molar-refractivity contribution in [3.8, 4) is 0 Å². The Hall–Kier alpha value is -2.67. The van der Waals surface area contributed by atoms with Gasteiger partial charge in [-0.25, -0.2) is 4.98 Å². The lowest BCUT2D eigenvalue weighted by atomic mass is 9.67. The number of amides is 1. The van der Waals surface area contributed by atoms with Crippen molar-refractivity contribution in [2.75, 3.05) is 38.1 Å². The van der Waals surface area contributed by atoms with Gasteiger partial charge in [0.1, 0.15) is 5.69 Å². The molecule has 1 amide bonds. The van der Waals surface area contributed by atoms with Gasteiger partial charge in [0, 0.05) is 55.9 Å². The lowest BCUT2D eigenvalue weighted by Crippen LogP contribution is -2.51. The summed E-state index contributed by atoms with van der Waals surface area (Å²) < 4.78 is 0. The number of nitrogens with zero attached hydrogens (tertiary/aromatic N) is 3. The van der Waals surface area contributed by atoms with Gasteiger partial charge >= 0.3 is 0 Å². The molecule has 164 valence electrons. The van der Waals surface area contributed by atoms with E-state index in [0.717, 1.165) is 61.9 Å². The van der Waals surface area contributed by atoms with Crippen LogP contribution in [0, 0.1) is 5.92 Å². The van der Waals surface area contributed by atoms with E-state index in [0.29, 0.717) is 11.7 Å². The minimum absolute atomic E-state index is 0.0888. The van der Waals surface area contributed by atoms with E-state index in [1.54, 1.807) is 19.3 Å². The summed E-state index contributed by atoms with van der Waals surface area (Å²) in [5.41, 5.74) is 3.82. The molecule has 7 heteroatoms. The fourth-order valence-electron chi connectivity index (χ4n) is 5.95. The second-order valence-electron chi connectivity index (χ2n) is 9.30. The molecule has 2 aromatic rings. The summed E-state index contributed by atoms with van der Waals surface area (Å²) in [4.78, 5) is 36.5. The van der Waals surface area contributed by atoms with Crippen molar-refractivity contribution in [3.05, 3.63) is 57.8 Å². The molecule has 1 atom stereocenters. The summed E-state index contributed by atoms with van der Waals surface area (Å²) in [5, 5.41) is 2.61. The average Bonchev–Trinajstić information content (AvgIpc) is 3.36. The highest BCUT2D eigenvalue weighted by atomic mass is 16.1. The number of aromatic amines is 1. The number of anilines is 1. The number of nitrogens with one attached hydrogen (secondary N) is 2. The number of hydrogen-bond acceptors (Lipinski definition) is 5. The molecular formula is C24H31N5O2. The fraction of sp³-hybridized carbons (Fsp3) is 0.542. The van der Waals surface area contributed by atoms with Crippen LogP contribution >= 0.6 is 0 Å². The molecule has 1 unspecified atom stereocenters. The maximum Gasteiger partial charge on any atom is 0.269 e. The molecule has 0 radical (unpaired) electrons. The lowest BCUT2D eigenvalue weighted by Gasteiger charge is -2.41. The van der Waals surface area contributed by atoms with Crippen molar-refractivity contribution >= 4 is 11.6 Å². The van der Waals surface area contributed by atoms with Gasteiger partial charge in [-0.1, -0.05) is 13.0 Å². The first kappa shape index (κ1) is 20.2. The molecule has 3 aliphatic carbocycles. The van der Waals surface area contributed by atoms with Crippen LogP contribution in [0.4, 0.5) is 5.69 Å². The highest BCUT2D eigenvalue weighted by molar-refractivity contribution is 5.92. The molecule has 1 aliphatic heterocycles. The summed E-state index contributed by atoms with van der Waals surface area (Å²) >= 11 is 0. The number of carbonyl (C=O) groups excluding carboxylic acids is 1. The third-order valence-corrected chi connectivity index (χ3v) is 7.75. The van der Waals surface area contributed by atoms with E-state index in [2.05, 4.69) is 31.2 Å². The largest absolute Gasteiger partial charge is 0.368 e. The van der Waals surface area contributed by atoms with E-state index >= 15 is 0 Å². The Bertz CT molecular complexity index is 1020. The predicted octanol–water partition coefficient (Wildman–Crippen LogP) is 1.93. The van der Waals surface area contributed by atoms with E-state index in [1.165, 1.54) is 12.8 Å². The lowest BCUT2D eigenvalue weighted by molar-refractivity contribution is 0.0958. The number of H-pyrrole nitrogens is 1. The van der Waals surface area contributed by atoms with E-state index in [9.17, 15) is 9.59 Å². The summed E-state index contributed by atoms with van der Waals surface area (Å²) in [6.45, 7) is 6.05. The molecule has 1 saturated heterocycles. The Labute approximate surface area is 182 Å². The topological polar surface area (TPSA) is 81.3 Å². The molecule has 0 aromatic carbocycles. The number of hydrogen-bond donors (Lipinski definition) is 2. The molecule has 7 nitrogen and oxygen atoms in total. The molecule has 4 aliphatic rings. The minimum Gasteiger partial charge on any atom is -0.368 e. The summed E-state index contributed by atoms with van der Waals surface area (Å²) in [5.74, 6) is 0.589. The van der Waals surface area contributed by atoms with Gasteiger partial charge in [-0.15, -0.1) is 0 Å². The van der Waals surface area contributed by atoms with Gasteiger partial charge < -0.3 is 15.2 Å². The van der Waals surface area contributed by atoms with E-state index in [-0.39, 0.29) is 16.9 Å². The van der Waals surface area contributed by atoms with Crippen LogP contribution in [0.15, 0.2) is 35.3 Å². The van der Waals surface area contributed by atoms with Crippen LogP contribution in [0.5, 0.6) is 0 Å². The average molecular weight is 422 g/mol. The maximum absolute atomic E-state index is 12.3. The molecule has 2 aromatic heterocycles. The third kappa shape index (κ3) is 3.45. The molecular weight excluding hydrogens is 390 g/mol. The Morgan fingerprint density at radius 3 is 2.55 bits per heavy atom. The Balaban J connectivity index is 1.21. The normalized spacial score (nSPS) is 27.7. The van der Waals surface area contributed by atoms with Crippen molar-refractivity contribution in [2.24, 2.45) is 5.92 Å². The number of pyridine rings is 2. The molecule has 31 heavy (non-hydrogen) atoms. The molecule has 3 heterocycles. The third-order valence-electron chi connectivity index (χ3n) is 7.75. The monoisotopic (exact) mass is 421 g/mol.